The van der Waals surface area contributed by atoms with Gasteiger partial charge >= 0.3 is 0 Å². The van der Waals surface area contributed by atoms with Crippen LogP contribution in [0.5, 0.6) is 0 Å². The maximum Gasteiger partial charge on any atom is 0.299 e. The fourth-order valence-electron chi connectivity index (χ4n) is 1.77. The summed E-state index contributed by atoms with van der Waals surface area (Å²) in [5.41, 5.74) is 0.497. The molecule has 0 spiro atoms. The van der Waals surface area contributed by atoms with E-state index in [1.54, 1.807) is 12.2 Å². The molecule has 0 N–H and O–H groups in total. The minimum Gasteiger partial charge on any atom is -0.300 e. The van der Waals surface area contributed by atoms with Gasteiger partial charge in [0.25, 0.3) is 11.7 Å². The molecule has 1 aliphatic rings. The van der Waals surface area contributed by atoms with Crippen LogP contribution < -0.4 is 4.90 Å². The summed E-state index contributed by atoms with van der Waals surface area (Å²) in [6.07, 6.45) is 3.36. The van der Waals surface area contributed by atoms with Crippen molar-refractivity contribution in [1.29, 1.82) is 0 Å². The Morgan fingerprint density at radius 1 is 1.33 bits per heavy atom. The van der Waals surface area contributed by atoms with E-state index >= 15 is 0 Å². The van der Waals surface area contributed by atoms with Crippen LogP contribution in [0.25, 0.3) is 0 Å². The predicted molar refractivity (Wildman–Crippen MR) is 70.6 cm³/mol. The number of amides is 1. The summed E-state index contributed by atoms with van der Waals surface area (Å²) < 4.78 is 13.6. The number of fused-ring (bicyclic) bond motifs is 1. The largest absolute Gasteiger partial charge is 0.300 e. The molecular formula is C12H8BrClFNO2. The molecule has 1 heterocycles. The molecule has 3 nitrogen and oxygen atoms in total. The highest BCUT2D eigenvalue weighted by Gasteiger charge is 2.37. The Morgan fingerprint density at radius 3 is 2.72 bits per heavy atom. The highest BCUT2D eigenvalue weighted by atomic mass is 79.9. The summed E-state index contributed by atoms with van der Waals surface area (Å²) in [4.78, 5) is 24.8. The first-order valence-corrected chi connectivity index (χ1v) is 6.45. The molecule has 0 aliphatic carbocycles. The van der Waals surface area contributed by atoms with Gasteiger partial charge in [0.2, 0.25) is 0 Å². The van der Waals surface area contributed by atoms with Gasteiger partial charge in [0, 0.05) is 16.9 Å². The van der Waals surface area contributed by atoms with Crippen LogP contribution in [0.2, 0.25) is 0 Å². The quantitative estimate of drug-likeness (QED) is 0.485. The van der Waals surface area contributed by atoms with Crippen molar-refractivity contribution in [3.05, 3.63) is 40.1 Å². The molecule has 0 aromatic heterocycles. The Bertz CT molecular complexity index is 559. The second-order valence-electron chi connectivity index (χ2n) is 3.65. The van der Waals surface area contributed by atoms with Gasteiger partial charge in [-0.2, -0.15) is 0 Å². The molecule has 18 heavy (non-hydrogen) atoms. The number of nitrogens with zero attached hydrogens (tertiary/aromatic N) is 1. The van der Waals surface area contributed by atoms with Gasteiger partial charge in [0.05, 0.1) is 11.3 Å². The van der Waals surface area contributed by atoms with Crippen LogP contribution in [0.15, 0.2) is 28.8 Å². The number of anilines is 1. The van der Waals surface area contributed by atoms with Crippen LogP contribution in [-0.4, -0.2) is 24.1 Å². The minimum atomic E-state index is -0.690. The van der Waals surface area contributed by atoms with Crippen LogP contribution in [0.3, 0.4) is 0 Å². The molecule has 0 fully saturated rings. The number of rotatable bonds is 3. The van der Waals surface area contributed by atoms with Crippen LogP contribution >= 0.6 is 27.5 Å². The molecule has 0 bridgehead atoms. The number of ketones is 1. The highest BCUT2D eigenvalue weighted by molar-refractivity contribution is 9.10. The second-order valence-corrected chi connectivity index (χ2v) is 4.82. The molecule has 1 amide bonds. The Kier molecular flexibility index (Phi) is 3.82. The van der Waals surface area contributed by atoms with E-state index in [2.05, 4.69) is 15.9 Å². The molecule has 2 rings (SSSR count). The number of benzene rings is 1. The Labute approximate surface area is 116 Å². The van der Waals surface area contributed by atoms with Crippen molar-refractivity contribution < 1.29 is 14.0 Å². The van der Waals surface area contributed by atoms with Crippen molar-refractivity contribution in [2.45, 2.75) is 0 Å². The van der Waals surface area contributed by atoms with Crippen LogP contribution in [-0.2, 0) is 4.79 Å². The van der Waals surface area contributed by atoms with E-state index in [1.165, 1.54) is 11.0 Å². The molecule has 0 unspecified atom stereocenters. The highest BCUT2D eigenvalue weighted by Crippen LogP contribution is 2.36. The van der Waals surface area contributed by atoms with Gasteiger partial charge in [-0.3, -0.25) is 14.5 Å². The van der Waals surface area contributed by atoms with Gasteiger partial charge in [0.15, 0.2) is 0 Å². The first-order valence-electron chi connectivity index (χ1n) is 5.12. The molecule has 0 saturated carbocycles. The number of hydrogen-bond acceptors (Lipinski definition) is 2. The van der Waals surface area contributed by atoms with Crippen molar-refractivity contribution in [1.82, 2.24) is 0 Å². The maximum atomic E-state index is 13.2. The summed E-state index contributed by atoms with van der Waals surface area (Å²) in [7, 11) is 0. The Morgan fingerprint density at radius 2 is 2.06 bits per heavy atom. The first kappa shape index (κ1) is 13.2. The second kappa shape index (κ2) is 5.20. The smallest absolute Gasteiger partial charge is 0.299 e. The molecule has 1 aromatic rings. The number of hydrogen-bond donors (Lipinski definition) is 0. The summed E-state index contributed by atoms with van der Waals surface area (Å²) in [6, 6.07) is 2.30. The molecule has 0 atom stereocenters. The molecule has 6 heteroatoms. The standard InChI is InChI=1S/C12H8BrClFNO2/c13-9-6-7(15)5-8-10(9)16(4-2-1-3-14)12(18)11(8)17/h1-2,5-6H,3-4H2. The summed E-state index contributed by atoms with van der Waals surface area (Å²) in [5.74, 6) is -1.58. The van der Waals surface area contributed by atoms with E-state index < -0.39 is 17.5 Å². The van der Waals surface area contributed by atoms with E-state index in [1.807, 2.05) is 0 Å². The molecule has 94 valence electrons. The third-order valence-electron chi connectivity index (χ3n) is 2.53. The van der Waals surface area contributed by atoms with Crippen LogP contribution in [0, 0.1) is 5.82 Å². The van der Waals surface area contributed by atoms with E-state index in [9.17, 15) is 14.0 Å². The lowest BCUT2D eigenvalue weighted by molar-refractivity contribution is -0.114. The lowest BCUT2D eigenvalue weighted by Gasteiger charge is -2.15. The zero-order valence-electron chi connectivity index (χ0n) is 9.12. The van der Waals surface area contributed by atoms with Crippen molar-refractivity contribution in [2.75, 3.05) is 17.3 Å². The lowest BCUT2D eigenvalue weighted by Crippen LogP contribution is -2.29. The molecule has 0 radical (unpaired) electrons. The molecule has 1 aliphatic heterocycles. The van der Waals surface area contributed by atoms with E-state index in [-0.39, 0.29) is 12.1 Å². The summed E-state index contributed by atoms with van der Waals surface area (Å²) in [6.45, 7) is 0.231. The molecule has 0 saturated heterocycles. The number of carbonyl (C=O) groups is 2. The number of allylic oxidation sites excluding steroid dienone is 1. The van der Waals surface area contributed by atoms with E-state index in [0.29, 0.717) is 16.0 Å². The minimum absolute atomic E-state index is 0.0890. The maximum absolute atomic E-state index is 13.2. The third-order valence-corrected chi connectivity index (χ3v) is 3.31. The number of alkyl halides is 1. The zero-order valence-corrected chi connectivity index (χ0v) is 11.5. The third kappa shape index (κ3) is 2.20. The van der Waals surface area contributed by atoms with Crippen LogP contribution in [0.1, 0.15) is 10.4 Å². The van der Waals surface area contributed by atoms with E-state index in [0.717, 1.165) is 6.07 Å². The SMILES string of the molecule is O=C1C(=O)N(CC=CCCl)c2c(Br)cc(F)cc21. The van der Waals surface area contributed by atoms with Crippen LogP contribution in [0.4, 0.5) is 10.1 Å². The number of carbonyl (C=O) groups excluding carboxylic acids is 2. The Hall–Kier alpha value is -1.20. The van der Waals surface area contributed by atoms with Crippen molar-refractivity contribution in [2.24, 2.45) is 0 Å². The van der Waals surface area contributed by atoms with Gasteiger partial charge in [-0.1, -0.05) is 12.2 Å². The molecule has 1 aromatic carbocycles. The zero-order chi connectivity index (χ0) is 13.3. The average molecular weight is 333 g/mol. The fourth-order valence-corrected chi connectivity index (χ4v) is 2.54. The van der Waals surface area contributed by atoms with Gasteiger partial charge in [-0.15, -0.1) is 11.6 Å². The van der Waals surface area contributed by atoms with E-state index in [4.69, 9.17) is 11.6 Å². The summed E-state index contributed by atoms with van der Waals surface area (Å²) >= 11 is 8.65. The average Bonchev–Trinajstić information content (AvgIpc) is 2.55. The van der Waals surface area contributed by atoms with Gasteiger partial charge in [-0.05, 0) is 28.1 Å². The van der Waals surface area contributed by atoms with Crippen molar-refractivity contribution in [3.8, 4) is 0 Å². The normalized spacial score (nSPS) is 14.7. The molecular weight excluding hydrogens is 324 g/mol. The summed E-state index contributed by atoms with van der Waals surface area (Å²) in [5, 5.41) is 0. The van der Waals surface area contributed by atoms with Crippen molar-refractivity contribution >= 4 is 44.9 Å². The topological polar surface area (TPSA) is 37.4 Å². The monoisotopic (exact) mass is 331 g/mol. The van der Waals surface area contributed by atoms with Crippen molar-refractivity contribution in [3.63, 3.8) is 0 Å². The fraction of sp³-hybridized carbons (Fsp3) is 0.167. The predicted octanol–water partition coefficient (Wildman–Crippen LogP) is 2.91. The Balaban J connectivity index is 2.45. The van der Waals surface area contributed by atoms with Gasteiger partial charge in [0.1, 0.15) is 5.82 Å². The first-order chi connectivity index (χ1) is 8.56. The van der Waals surface area contributed by atoms with Gasteiger partial charge < -0.3 is 0 Å². The number of halogens is 3. The lowest BCUT2D eigenvalue weighted by atomic mass is 10.1. The number of Topliss-reactive ketones (excluding diaryl/α,β-unsaturated/α-hetero) is 1. The van der Waals surface area contributed by atoms with Gasteiger partial charge in [-0.25, -0.2) is 4.39 Å².